The van der Waals surface area contributed by atoms with E-state index in [9.17, 15) is 19.3 Å². The first-order valence-corrected chi connectivity index (χ1v) is 5.27. The number of methoxy groups -OCH3 is 1. The molecule has 0 unspecified atom stereocenters. The molecule has 0 radical (unpaired) electrons. The van der Waals surface area contributed by atoms with Crippen LogP contribution in [-0.4, -0.2) is 31.1 Å². The van der Waals surface area contributed by atoms with E-state index in [0.29, 0.717) is 19.6 Å². The molecule has 0 aliphatic carbocycles. The number of nitro benzene ring substituents is 1. The molecule has 1 N–H and O–H groups in total. The number of hydrogen-bond donors (Lipinski definition) is 1. The van der Waals surface area contributed by atoms with Crippen molar-refractivity contribution in [2.45, 2.75) is 6.42 Å². The molecule has 0 aliphatic heterocycles. The lowest BCUT2D eigenvalue weighted by molar-refractivity contribution is -0.387. The van der Waals surface area contributed by atoms with Gasteiger partial charge in [0.2, 0.25) is 5.82 Å². The Balaban J connectivity index is 2.68. The number of amides is 1. The SMILES string of the molecule is COCCCNC(=O)c1ccc(F)c([N+](=O)[O-])c1. The lowest BCUT2D eigenvalue weighted by Gasteiger charge is -2.04. The molecule has 0 saturated carbocycles. The molecule has 0 heterocycles. The highest BCUT2D eigenvalue weighted by molar-refractivity contribution is 5.94. The Labute approximate surface area is 103 Å². The molecular formula is C11H13FN2O4. The zero-order valence-electron chi connectivity index (χ0n) is 9.81. The first kappa shape index (κ1) is 14.0. The van der Waals surface area contributed by atoms with Crippen LogP contribution in [0.15, 0.2) is 18.2 Å². The van der Waals surface area contributed by atoms with Gasteiger partial charge in [-0.15, -0.1) is 0 Å². The van der Waals surface area contributed by atoms with Crippen LogP contribution in [0.2, 0.25) is 0 Å². The van der Waals surface area contributed by atoms with Gasteiger partial charge in [-0.2, -0.15) is 4.39 Å². The van der Waals surface area contributed by atoms with Crippen LogP contribution >= 0.6 is 0 Å². The zero-order chi connectivity index (χ0) is 13.5. The highest BCUT2D eigenvalue weighted by Crippen LogP contribution is 2.18. The number of hydrogen-bond acceptors (Lipinski definition) is 4. The first-order valence-electron chi connectivity index (χ1n) is 5.27. The third kappa shape index (κ3) is 3.77. The molecular weight excluding hydrogens is 243 g/mol. The molecule has 1 aromatic rings. The third-order valence-corrected chi connectivity index (χ3v) is 2.22. The Morgan fingerprint density at radius 1 is 1.56 bits per heavy atom. The van der Waals surface area contributed by atoms with Gasteiger partial charge in [-0.25, -0.2) is 0 Å². The van der Waals surface area contributed by atoms with Crippen LogP contribution in [0.5, 0.6) is 0 Å². The maximum Gasteiger partial charge on any atom is 0.305 e. The topological polar surface area (TPSA) is 81.5 Å². The number of nitrogens with one attached hydrogen (secondary N) is 1. The zero-order valence-corrected chi connectivity index (χ0v) is 9.81. The maximum absolute atomic E-state index is 13.0. The minimum atomic E-state index is -0.962. The summed E-state index contributed by atoms with van der Waals surface area (Å²) in [6.07, 6.45) is 0.630. The molecule has 0 saturated heterocycles. The smallest absolute Gasteiger partial charge is 0.305 e. The Bertz CT molecular complexity index is 451. The summed E-state index contributed by atoms with van der Waals surface area (Å²) in [5, 5.41) is 13.1. The number of carbonyl (C=O) groups is 1. The highest BCUT2D eigenvalue weighted by atomic mass is 19.1. The predicted molar refractivity (Wildman–Crippen MR) is 61.9 cm³/mol. The second-order valence-electron chi connectivity index (χ2n) is 3.53. The van der Waals surface area contributed by atoms with Crippen molar-refractivity contribution in [3.05, 3.63) is 39.7 Å². The van der Waals surface area contributed by atoms with Crippen molar-refractivity contribution in [3.63, 3.8) is 0 Å². The standard InChI is InChI=1S/C11H13FN2O4/c1-18-6-2-5-13-11(15)8-3-4-9(12)10(7-8)14(16)17/h3-4,7H,2,5-6H2,1H3,(H,13,15). The number of halogens is 1. The fourth-order valence-corrected chi connectivity index (χ4v) is 1.31. The van der Waals surface area contributed by atoms with Crippen molar-refractivity contribution in [3.8, 4) is 0 Å². The fraction of sp³-hybridized carbons (Fsp3) is 0.364. The molecule has 18 heavy (non-hydrogen) atoms. The third-order valence-electron chi connectivity index (χ3n) is 2.22. The van der Waals surface area contributed by atoms with E-state index in [1.54, 1.807) is 7.11 Å². The van der Waals surface area contributed by atoms with E-state index in [0.717, 1.165) is 12.1 Å². The molecule has 7 heteroatoms. The Hall–Kier alpha value is -2.02. The minimum Gasteiger partial charge on any atom is -0.385 e. The van der Waals surface area contributed by atoms with Crippen molar-refractivity contribution >= 4 is 11.6 Å². The molecule has 1 aromatic carbocycles. The van der Waals surface area contributed by atoms with Crippen molar-refractivity contribution in [1.29, 1.82) is 0 Å². The number of rotatable bonds is 6. The molecule has 1 rings (SSSR count). The molecule has 0 atom stereocenters. The Morgan fingerprint density at radius 3 is 2.89 bits per heavy atom. The molecule has 0 aliphatic rings. The van der Waals surface area contributed by atoms with Gasteiger partial charge in [0.1, 0.15) is 0 Å². The van der Waals surface area contributed by atoms with Crippen LogP contribution in [0.1, 0.15) is 16.8 Å². The van der Waals surface area contributed by atoms with E-state index in [4.69, 9.17) is 4.74 Å². The summed E-state index contributed by atoms with van der Waals surface area (Å²) >= 11 is 0. The summed E-state index contributed by atoms with van der Waals surface area (Å²) in [6, 6.07) is 3.02. The molecule has 98 valence electrons. The van der Waals surface area contributed by atoms with Crippen molar-refractivity contribution in [2.75, 3.05) is 20.3 Å². The summed E-state index contributed by atoms with van der Waals surface area (Å²) in [5.41, 5.74) is -0.653. The lowest BCUT2D eigenvalue weighted by atomic mass is 10.2. The van der Waals surface area contributed by atoms with E-state index < -0.39 is 22.3 Å². The van der Waals surface area contributed by atoms with E-state index in [1.165, 1.54) is 6.07 Å². The van der Waals surface area contributed by atoms with E-state index in [2.05, 4.69) is 5.32 Å². The lowest BCUT2D eigenvalue weighted by Crippen LogP contribution is -2.25. The highest BCUT2D eigenvalue weighted by Gasteiger charge is 2.17. The number of benzene rings is 1. The number of ether oxygens (including phenoxy) is 1. The van der Waals surface area contributed by atoms with Crippen LogP contribution in [0.3, 0.4) is 0 Å². The maximum atomic E-state index is 13.0. The predicted octanol–water partition coefficient (Wildman–Crippen LogP) is 1.50. The first-order chi connectivity index (χ1) is 8.56. The van der Waals surface area contributed by atoms with E-state index >= 15 is 0 Å². The second-order valence-corrected chi connectivity index (χ2v) is 3.53. The van der Waals surface area contributed by atoms with Gasteiger partial charge in [0.25, 0.3) is 5.91 Å². The Kier molecular flexibility index (Phi) is 5.19. The van der Waals surface area contributed by atoms with Gasteiger partial charge in [0.15, 0.2) is 0 Å². The minimum absolute atomic E-state index is 0.0560. The molecule has 1 amide bonds. The van der Waals surface area contributed by atoms with Crippen LogP contribution < -0.4 is 5.32 Å². The summed E-state index contributed by atoms with van der Waals surface area (Å²) in [5.74, 6) is -1.44. The van der Waals surface area contributed by atoms with Gasteiger partial charge in [-0.05, 0) is 18.6 Å². The van der Waals surface area contributed by atoms with Crippen molar-refractivity contribution in [1.82, 2.24) is 5.32 Å². The van der Waals surface area contributed by atoms with E-state index in [1.807, 2.05) is 0 Å². The molecule has 0 bridgehead atoms. The molecule has 0 fully saturated rings. The van der Waals surface area contributed by atoms with Gasteiger partial charge in [0.05, 0.1) is 4.92 Å². The van der Waals surface area contributed by atoms with Gasteiger partial charge in [-0.1, -0.05) is 0 Å². The summed E-state index contributed by atoms with van der Waals surface area (Å²) < 4.78 is 17.9. The normalized spacial score (nSPS) is 10.1. The van der Waals surface area contributed by atoms with Crippen LogP contribution in [0.25, 0.3) is 0 Å². The molecule has 0 aromatic heterocycles. The van der Waals surface area contributed by atoms with Crippen molar-refractivity contribution < 1.29 is 18.8 Å². The van der Waals surface area contributed by atoms with Crippen LogP contribution in [0.4, 0.5) is 10.1 Å². The van der Waals surface area contributed by atoms with Crippen LogP contribution in [-0.2, 0) is 4.74 Å². The second kappa shape index (κ2) is 6.65. The van der Waals surface area contributed by atoms with Gasteiger partial charge in [-0.3, -0.25) is 14.9 Å². The molecule has 0 spiro atoms. The summed E-state index contributed by atoms with van der Waals surface area (Å²) in [4.78, 5) is 21.2. The monoisotopic (exact) mass is 256 g/mol. The number of carbonyl (C=O) groups excluding carboxylic acids is 1. The fourth-order valence-electron chi connectivity index (χ4n) is 1.31. The number of nitrogens with zero attached hydrogens (tertiary/aromatic N) is 1. The number of nitro groups is 1. The summed E-state index contributed by atoms with van der Waals surface area (Å²) in [6.45, 7) is 0.891. The van der Waals surface area contributed by atoms with Crippen molar-refractivity contribution in [2.24, 2.45) is 0 Å². The van der Waals surface area contributed by atoms with Crippen LogP contribution in [0, 0.1) is 15.9 Å². The van der Waals surface area contributed by atoms with Gasteiger partial charge < -0.3 is 10.1 Å². The van der Waals surface area contributed by atoms with Gasteiger partial charge in [0, 0.05) is 31.9 Å². The average molecular weight is 256 g/mol. The Morgan fingerprint density at radius 2 is 2.28 bits per heavy atom. The van der Waals surface area contributed by atoms with E-state index in [-0.39, 0.29) is 5.56 Å². The largest absolute Gasteiger partial charge is 0.385 e. The summed E-state index contributed by atoms with van der Waals surface area (Å²) in [7, 11) is 1.55. The quantitative estimate of drug-likeness (QED) is 0.475. The molecule has 6 nitrogen and oxygen atoms in total. The van der Waals surface area contributed by atoms with Gasteiger partial charge >= 0.3 is 5.69 Å². The average Bonchev–Trinajstić information content (AvgIpc) is 2.34.